The van der Waals surface area contributed by atoms with E-state index in [1.54, 1.807) is 31.4 Å². The summed E-state index contributed by atoms with van der Waals surface area (Å²) in [5, 5.41) is 16.4. The van der Waals surface area contributed by atoms with Crippen molar-refractivity contribution < 1.29 is 19.4 Å². The molecule has 0 aliphatic carbocycles. The molecule has 32 heavy (non-hydrogen) atoms. The standard InChI is InChI=1S/C23H19Cl2N3O4/c1-32-16-5-6-18-14(10-16)11-17(23(25)26-18)20-12-19(13-3-2-4-15(24)9-13)27-28(20)21(29)7-8-22(30)31/h2-6,9-11,20H,7-8,12H2,1H3,(H,30,31). The number of fused-ring (bicyclic) bond motifs is 1. The average molecular weight is 472 g/mol. The molecule has 1 aliphatic rings. The maximum Gasteiger partial charge on any atom is 0.303 e. The van der Waals surface area contributed by atoms with Crippen molar-refractivity contribution in [3.63, 3.8) is 0 Å². The third-order valence-electron chi connectivity index (χ3n) is 5.24. The van der Waals surface area contributed by atoms with Gasteiger partial charge in [-0.2, -0.15) is 5.10 Å². The van der Waals surface area contributed by atoms with Crippen LogP contribution in [0.3, 0.4) is 0 Å². The van der Waals surface area contributed by atoms with Gasteiger partial charge >= 0.3 is 5.97 Å². The number of hydrogen-bond donors (Lipinski definition) is 1. The Morgan fingerprint density at radius 1 is 1.16 bits per heavy atom. The van der Waals surface area contributed by atoms with Gasteiger partial charge in [0.1, 0.15) is 10.9 Å². The Balaban J connectivity index is 1.75. The first-order valence-corrected chi connectivity index (χ1v) is 10.6. The maximum atomic E-state index is 12.9. The summed E-state index contributed by atoms with van der Waals surface area (Å²) in [4.78, 5) is 28.4. The highest BCUT2D eigenvalue weighted by atomic mass is 35.5. The highest BCUT2D eigenvalue weighted by Crippen LogP contribution is 2.38. The number of benzene rings is 2. The number of carboxylic acid groups (broad SMARTS) is 1. The number of halogens is 2. The molecule has 0 radical (unpaired) electrons. The normalized spacial score (nSPS) is 15.7. The Morgan fingerprint density at radius 3 is 2.69 bits per heavy atom. The summed E-state index contributed by atoms with van der Waals surface area (Å²) in [5.74, 6) is -0.786. The van der Waals surface area contributed by atoms with Crippen LogP contribution in [0.15, 0.2) is 53.6 Å². The predicted octanol–water partition coefficient (Wildman–Crippen LogP) is 5.09. The number of rotatable bonds is 6. The number of pyridine rings is 1. The lowest BCUT2D eigenvalue weighted by molar-refractivity contribution is -0.141. The number of aliphatic carboxylic acids is 1. The van der Waals surface area contributed by atoms with Gasteiger partial charge in [0.05, 0.1) is 30.8 Å². The summed E-state index contributed by atoms with van der Waals surface area (Å²) in [7, 11) is 1.58. The Morgan fingerprint density at radius 2 is 1.97 bits per heavy atom. The minimum Gasteiger partial charge on any atom is -0.497 e. The largest absolute Gasteiger partial charge is 0.497 e. The van der Waals surface area contributed by atoms with Gasteiger partial charge in [-0.05, 0) is 42.0 Å². The average Bonchev–Trinajstić information content (AvgIpc) is 3.22. The monoisotopic (exact) mass is 471 g/mol. The summed E-state index contributed by atoms with van der Waals surface area (Å²) in [6.07, 6.45) is -0.0778. The zero-order valence-corrected chi connectivity index (χ0v) is 18.6. The third kappa shape index (κ3) is 4.54. The van der Waals surface area contributed by atoms with Crippen molar-refractivity contribution in [3.05, 3.63) is 69.8 Å². The molecule has 0 saturated carbocycles. The Labute approximate surface area is 194 Å². The van der Waals surface area contributed by atoms with Crippen LogP contribution >= 0.6 is 23.2 Å². The highest BCUT2D eigenvalue weighted by Gasteiger charge is 2.35. The highest BCUT2D eigenvalue weighted by molar-refractivity contribution is 6.31. The number of methoxy groups -OCH3 is 1. The number of ether oxygens (including phenoxy) is 1. The van der Waals surface area contributed by atoms with Crippen LogP contribution < -0.4 is 4.74 Å². The second kappa shape index (κ2) is 9.14. The SMILES string of the molecule is COc1ccc2nc(Cl)c(C3CC(c4cccc(Cl)c4)=NN3C(=O)CCC(=O)O)cc2c1. The fourth-order valence-electron chi connectivity index (χ4n) is 3.66. The Bertz CT molecular complexity index is 1250. The van der Waals surface area contributed by atoms with E-state index < -0.39 is 17.9 Å². The minimum atomic E-state index is -1.05. The topological polar surface area (TPSA) is 92.1 Å². The number of carboxylic acids is 1. The van der Waals surface area contributed by atoms with E-state index in [2.05, 4.69) is 10.1 Å². The van der Waals surface area contributed by atoms with Crippen LogP contribution in [-0.4, -0.2) is 39.8 Å². The molecule has 0 fully saturated rings. The number of hydrogen-bond acceptors (Lipinski definition) is 5. The van der Waals surface area contributed by atoms with E-state index in [4.69, 9.17) is 33.0 Å². The molecule has 7 nitrogen and oxygen atoms in total. The summed E-state index contributed by atoms with van der Waals surface area (Å²) in [5.41, 5.74) is 2.75. The van der Waals surface area contributed by atoms with Crippen molar-refractivity contribution in [2.75, 3.05) is 7.11 Å². The van der Waals surface area contributed by atoms with Crippen molar-refractivity contribution in [2.45, 2.75) is 25.3 Å². The number of carbonyl (C=O) groups is 2. The molecule has 1 atom stereocenters. The first kappa shape index (κ1) is 22.0. The number of hydrazone groups is 1. The van der Waals surface area contributed by atoms with Gasteiger partial charge in [-0.3, -0.25) is 9.59 Å². The minimum absolute atomic E-state index is 0.176. The van der Waals surface area contributed by atoms with Crippen molar-refractivity contribution in [3.8, 4) is 5.75 Å². The van der Waals surface area contributed by atoms with Gasteiger partial charge in [-0.1, -0.05) is 35.3 Å². The third-order valence-corrected chi connectivity index (χ3v) is 5.78. The smallest absolute Gasteiger partial charge is 0.303 e. The lowest BCUT2D eigenvalue weighted by Crippen LogP contribution is -2.27. The van der Waals surface area contributed by atoms with Gasteiger partial charge in [0.25, 0.3) is 0 Å². The van der Waals surface area contributed by atoms with Crippen molar-refractivity contribution in [2.24, 2.45) is 5.10 Å². The lowest BCUT2D eigenvalue weighted by Gasteiger charge is -2.23. The van der Waals surface area contributed by atoms with E-state index in [0.717, 1.165) is 10.9 Å². The zero-order valence-electron chi connectivity index (χ0n) is 17.1. The molecular formula is C23H19Cl2N3O4. The molecule has 0 spiro atoms. The van der Waals surface area contributed by atoms with Gasteiger partial charge in [0.15, 0.2) is 0 Å². The maximum absolute atomic E-state index is 12.9. The van der Waals surface area contributed by atoms with E-state index >= 15 is 0 Å². The van der Waals surface area contributed by atoms with Crippen molar-refractivity contribution in [1.82, 2.24) is 9.99 Å². The predicted molar refractivity (Wildman–Crippen MR) is 122 cm³/mol. The first-order valence-electron chi connectivity index (χ1n) is 9.87. The molecule has 2 aromatic carbocycles. The Hall–Kier alpha value is -3.16. The van der Waals surface area contributed by atoms with Crippen LogP contribution in [-0.2, 0) is 9.59 Å². The molecule has 164 valence electrons. The fraction of sp³-hybridized carbons (Fsp3) is 0.217. The van der Waals surface area contributed by atoms with E-state index in [-0.39, 0.29) is 18.0 Å². The molecule has 1 unspecified atom stereocenters. The number of aromatic nitrogens is 1. The van der Waals surface area contributed by atoms with Crippen molar-refractivity contribution in [1.29, 1.82) is 0 Å². The van der Waals surface area contributed by atoms with Gasteiger partial charge in [-0.25, -0.2) is 9.99 Å². The number of amides is 1. The fourth-order valence-corrected chi connectivity index (χ4v) is 4.12. The summed E-state index contributed by atoms with van der Waals surface area (Å²) in [6, 6.07) is 14.0. The molecule has 4 rings (SSSR count). The van der Waals surface area contributed by atoms with E-state index in [1.807, 2.05) is 24.3 Å². The van der Waals surface area contributed by atoms with E-state index in [1.165, 1.54) is 5.01 Å². The van der Waals surface area contributed by atoms with E-state index in [0.29, 0.717) is 34.0 Å². The van der Waals surface area contributed by atoms with Crippen LogP contribution in [0, 0.1) is 0 Å². The molecule has 2 heterocycles. The number of nitrogens with zero attached hydrogens (tertiary/aromatic N) is 3. The molecule has 1 N–H and O–H groups in total. The van der Waals surface area contributed by atoms with Crippen LogP contribution in [0.2, 0.25) is 10.2 Å². The second-order valence-corrected chi connectivity index (χ2v) is 8.13. The van der Waals surface area contributed by atoms with Gasteiger partial charge in [0.2, 0.25) is 5.91 Å². The summed E-state index contributed by atoms with van der Waals surface area (Å²) < 4.78 is 5.30. The first-order chi connectivity index (χ1) is 15.4. The van der Waals surface area contributed by atoms with Crippen LogP contribution in [0.25, 0.3) is 10.9 Å². The molecule has 9 heteroatoms. The quantitative estimate of drug-likeness (QED) is 0.505. The second-order valence-electron chi connectivity index (χ2n) is 7.34. The van der Waals surface area contributed by atoms with Gasteiger partial charge in [-0.15, -0.1) is 0 Å². The summed E-state index contributed by atoms with van der Waals surface area (Å²) in [6.45, 7) is 0. The Kier molecular flexibility index (Phi) is 6.30. The lowest BCUT2D eigenvalue weighted by atomic mass is 9.98. The molecular weight excluding hydrogens is 453 g/mol. The number of carbonyl (C=O) groups excluding carboxylic acids is 1. The molecule has 0 saturated heterocycles. The summed E-state index contributed by atoms with van der Waals surface area (Å²) >= 11 is 12.7. The zero-order chi connectivity index (χ0) is 22.8. The molecule has 1 aromatic heterocycles. The van der Waals surface area contributed by atoms with Crippen LogP contribution in [0.1, 0.15) is 36.4 Å². The van der Waals surface area contributed by atoms with Crippen LogP contribution in [0.4, 0.5) is 0 Å². The molecule has 0 bridgehead atoms. The molecule has 1 aliphatic heterocycles. The van der Waals surface area contributed by atoms with Crippen LogP contribution in [0.5, 0.6) is 5.75 Å². The molecule has 1 amide bonds. The van der Waals surface area contributed by atoms with Gasteiger partial charge < -0.3 is 9.84 Å². The van der Waals surface area contributed by atoms with E-state index in [9.17, 15) is 9.59 Å². The molecule has 3 aromatic rings. The van der Waals surface area contributed by atoms with Crippen molar-refractivity contribution >= 4 is 51.7 Å². The van der Waals surface area contributed by atoms with Gasteiger partial charge in [0, 0.05) is 28.8 Å².